The molecule has 26 heavy (non-hydrogen) atoms. The second kappa shape index (κ2) is 6.44. The van der Waals surface area contributed by atoms with Crippen molar-refractivity contribution in [1.82, 2.24) is 4.98 Å². The highest BCUT2D eigenvalue weighted by molar-refractivity contribution is 7.89. The number of rotatable bonds is 4. The Morgan fingerprint density at radius 2 is 1.92 bits per heavy atom. The Kier molecular flexibility index (Phi) is 4.37. The zero-order chi connectivity index (χ0) is 18.5. The molecule has 0 spiro atoms. The predicted octanol–water partition coefficient (Wildman–Crippen LogP) is 4.35. The molecule has 2 aromatic rings. The lowest BCUT2D eigenvalue weighted by Crippen LogP contribution is -2.11. The van der Waals surface area contributed by atoms with Gasteiger partial charge in [0.15, 0.2) is 0 Å². The van der Waals surface area contributed by atoms with Crippen LogP contribution in [0.5, 0.6) is 0 Å². The van der Waals surface area contributed by atoms with Crippen LogP contribution in [0.4, 0.5) is 0 Å². The molecule has 0 aliphatic heterocycles. The van der Waals surface area contributed by atoms with Crippen LogP contribution in [0, 0.1) is 12.8 Å². The van der Waals surface area contributed by atoms with Crippen LogP contribution in [0.1, 0.15) is 52.7 Å². The molecule has 1 unspecified atom stereocenters. The standard InChI is InChI=1S/C20H22N2O2S2/c1-12-5-3-4-6-16(12)19-13(2)22-20(25-19)18-11-17(18)14-7-9-15(10-8-14)26(21,23)24/h3-4,6-10,12,17-18H,5,11H2,1-2H3,(H2,21,23,24)/t12?,17-,18+/m0/s1. The Morgan fingerprint density at radius 1 is 1.19 bits per heavy atom. The van der Waals surface area contributed by atoms with Gasteiger partial charge in [0.25, 0.3) is 0 Å². The third-order valence-corrected chi connectivity index (χ3v) is 7.52. The molecule has 0 radical (unpaired) electrons. The van der Waals surface area contributed by atoms with Crippen molar-refractivity contribution in [3.05, 3.63) is 63.6 Å². The predicted molar refractivity (Wildman–Crippen MR) is 106 cm³/mol. The first-order chi connectivity index (χ1) is 12.3. The minimum Gasteiger partial charge on any atom is -0.246 e. The van der Waals surface area contributed by atoms with Crippen LogP contribution in [0.3, 0.4) is 0 Å². The van der Waals surface area contributed by atoms with Gasteiger partial charge in [0.05, 0.1) is 20.5 Å². The second-order valence-electron chi connectivity index (χ2n) is 7.22. The summed E-state index contributed by atoms with van der Waals surface area (Å²) in [4.78, 5) is 6.33. The molecule has 2 aliphatic rings. The van der Waals surface area contributed by atoms with Gasteiger partial charge in [0.1, 0.15) is 0 Å². The van der Waals surface area contributed by atoms with Crippen LogP contribution >= 0.6 is 11.3 Å². The van der Waals surface area contributed by atoms with Crippen molar-refractivity contribution in [3.63, 3.8) is 0 Å². The van der Waals surface area contributed by atoms with Crippen molar-refractivity contribution in [2.24, 2.45) is 11.1 Å². The molecule has 4 nitrogen and oxygen atoms in total. The van der Waals surface area contributed by atoms with Crippen molar-refractivity contribution in [1.29, 1.82) is 0 Å². The molecule has 4 rings (SSSR count). The highest BCUT2D eigenvalue weighted by atomic mass is 32.2. The Hall–Kier alpha value is -1.76. The number of thiazole rings is 1. The number of allylic oxidation sites excluding steroid dienone is 4. The van der Waals surface area contributed by atoms with Gasteiger partial charge in [0.2, 0.25) is 10.0 Å². The molecule has 3 atom stereocenters. The number of benzene rings is 1. The minimum absolute atomic E-state index is 0.164. The molecular weight excluding hydrogens is 364 g/mol. The van der Waals surface area contributed by atoms with Crippen LogP contribution < -0.4 is 5.14 Å². The molecule has 0 amide bonds. The van der Waals surface area contributed by atoms with Gasteiger partial charge in [-0.1, -0.05) is 37.3 Å². The average Bonchev–Trinajstić information content (AvgIpc) is 3.31. The van der Waals surface area contributed by atoms with Gasteiger partial charge in [-0.05, 0) is 54.9 Å². The van der Waals surface area contributed by atoms with Gasteiger partial charge in [0, 0.05) is 5.92 Å². The monoisotopic (exact) mass is 386 g/mol. The van der Waals surface area contributed by atoms with Gasteiger partial charge in [-0.15, -0.1) is 11.3 Å². The molecule has 1 fully saturated rings. The third-order valence-electron chi connectivity index (χ3n) is 5.25. The summed E-state index contributed by atoms with van der Waals surface area (Å²) in [5.74, 6) is 1.39. The number of hydrogen-bond donors (Lipinski definition) is 1. The number of sulfonamides is 1. The fourth-order valence-electron chi connectivity index (χ4n) is 3.63. The largest absolute Gasteiger partial charge is 0.246 e. The Balaban J connectivity index is 1.55. The molecule has 136 valence electrons. The minimum atomic E-state index is -3.63. The quantitative estimate of drug-likeness (QED) is 0.849. The first kappa shape index (κ1) is 17.6. The fraction of sp³-hybridized carbons (Fsp3) is 0.350. The van der Waals surface area contributed by atoms with Crippen molar-refractivity contribution in [2.75, 3.05) is 0 Å². The molecule has 1 heterocycles. The van der Waals surface area contributed by atoms with Gasteiger partial charge >= 0.3 is 0 Å². The van der Waals surface area contributed by atoms with Gasteiger partial charge in [-0.2, -0.15) is 0 Å². The van der Waals surface area contributed by atoms with Crippen LogP contribution in [0.15, 0.2) is 47.4 Å². The molecule has 1 aromatic carbocycles. The lowest BCUT2D eigenvalue weighted by atomic mass is 9.92. The summed E-state index contributed by atoms with van der Waals surface area (Å²) in [6.07, 6.45) is 8.72. The van der Waals surface area contributed by atoms with Gasteiger partial charge < -0.3 is 0 Å². The van der Waals surface area contributed by atoms with E-state index in [2.05, 4.69) is 32.1 Å². The highest BCUT2D eigenvalue weighted by Crippen LogP contribution is 2.56. The normalized spacial score (nSPS) is 25.2. The van der Waals surface area contributed by atoms with Gasteiger partial charge in [-0.3, -0.25) is 0 Å². The maximum absolute atomic E-state index is 11.4. The number of nitrogens with zero attached hydrogens (tertiary/aromatic N) is 1. The van der Waals surface area contributed by atoms with E-state index in [4.69, 9.17) is 10.1 Å². The van der Waals surface area contributed by atoms with Gasteiger partial charge in [-0.25, -0.2) is 18.5 Å². The van der Waals surface area contributed by atoms with Crippen molar-refractivity contribution < 1.29 is 8.42 Å². The summed E-state index contributed by atoms with van der Waals surface area (Å²) < 4.78 is 22.8. The molecule has 2 N–H and O–H groups in total. The number of aryl methyl sites for hydroxylation is 1. The zero-order valence-electron chi connectivity index (χ0n) is 14.8. The zero-order valence-corrected chi connectivity index (χ0v) is 16.5. The van der Waals surface area contributed by atoms with Crippen LogP contribution in [-0.4, -0.2) is 13.4 Å². The van der Waals surface area contributed by atoms with E-state index in [1.165, 1.54) is 15.5 Å². The summed E-state index contributed by atoms with van der Waals surface area (Å²) >= 11 is 1.82. The third kappa shape index (κ3) is 3.29. The molecule has 0 bridgehead atoms. The van der Waals surface area contributed by atoms with Crippen LogP contribution in [0.25, 0.3) is 5.57 Å². The first-order valence-electron chi connectivity index (χ1n) is 8.82. The molecule has 6 heteroatoms. The maximum atomic E-state index is 11.4. The summed E-state index contributed by atoms with van der Waals surface area (Å²) in [6, 6.07) is 6.95. The lowest BCUT2D eigenvalue weighted by molar-refractivity contribution is 0.598. The molecule has 1 aromatic heterocycles. The Bertz CT molecular complexity index is 1000. The van der Waals surface area contributed by atoms with E-state index in [1.54, 1.807) is 12.1 Å². The summed E-state index contributed by atoms with van der Waals surface area (Å²) in [6.45, 7) is 4.36. The van der Waals surface area contributed by atoms with E-state index >= 15 is 0 Å². The smallest absolute Gasteiger partial charge is 0.238 e. The lowest BCUT2D eigenvalue weighted by Gasteiger charge is -2.15. The topological polar surface area (TPSA) is 73.0 Å². The molecular formula is C20H22N2O2S2. The van der Waals surface area contributed by atoms with Crippen LogP contribution in [-0.2, 0) is 10.0 Å². The second-order valence-corrected chi connectivity index (χ2v) is 9.81. The maximum Gasteiger partial charge on any atom is 0.238 e. The van der Waals surface area contributed by atoms with E-state index in [-0.39, 0.29) is 4.90 Å². The molecule has 0 saturated heterocycles. The number of primary sulfonamides is 1. The Labute approximate surface area is 158 Å². The highest BCUT2D eigenvalue weighted by Gasteiger charge is 2.42. The van der Waals surface area contributed by atoms with Crippen molar-refractivity contribution >= 4 is 26.9 Å². The van der Waals surface area contributed by atoms with E-state index in [9.17, 15) is 8.42 Å². The van der Waals surface area contributed by atoms with E-state index in [0.717, 1.165) is 24.1 Å². The first-order valence-corrected chi connectivity index (χ1v) is 11.2. The summed E-state index contributed by atoms with van der Waals surface area (Å²) in [5, 5.41) is 6.37. The SMILES string of the molecule is Cc1nc([C@@H]2C[C@H]2c2ccc(S(N)(=O)=O)cc2)sc1C1=CC=CCC1C. The van der Waals surface area contributed by atoms with Crippen LogP contribution in [0.2, 0.25) is 0 Å². The number of nitrogens with two attached hydrogens (primary N) is 1. The van der Waals surface area contributed by atoms with E-state index < -0.39 is 10.0 Å². The Morgan fingerprint density at radius 3 is 2.58 bits per heavy atom. The number of hydrogen-bond acceptors (Lipinski definition) is 4. The summed E-state index contributed by atoms with van der Waals surface area (Å²) in [5.41, 5.74) is 3.67. The fourth-order valence-corrected chi connectivity index (χ4v) is 5.53. The molecule has 2 aliphatic carbocycles. The number of aromatic nitrogens is 1. The van der Waals surface area contributed by atoms with Crippen molar-refractivity contribution in [2.45, 2.75) is 43.4 Å². The van der Waals surface area contributed by atoms with Crippen molar-refractivity contribution in [3.8, 4) is 0 Å². The molecule has 1 saturated carbocycles. The average molecular weight is 387 g/mol. The van der Waals surface area contributed by atoms with E-state index in [0.29, 0.717) is 17.8 Å². The van der Waals surface area contributed by atoms with E-state index in [1.807, 2.05) is 23.5 Å². The summed E-state index contributed by atoms with van der Waals surface area (Å²) in [7, 11) is -3.63.